The van der Waals surface area contributed by atoms with E-state index in [0.717, 1.165) is 38.5 Å². The molecule has 3 heterocycles. The first-order chi connectivity index (χ1) is 29.7. The van der Waals surface area contributed by atoms with Gasteiger partial charge in [0.15, 0.2) is 18.9 Å². The van der Waals surface area contributed by atoms with Gasteiger partial charge in [-0.3, -0.25) is 4.79 Å². The molecular formula is C45H76O18. The maximum Gasteiger partial charge on any atom is 0.187 e. The smallest absolute Gasteiger partial charge is 0.187 e. The van der Waals surface area contributed by atoms with E-state index in [4.69, 9.17) is 28.4 Å². The summed E-state index contributed by atoms with van der Waals surface area (Å²) >= 11 is 0. The molecule has 3 saturated heterocycles. The SMILES string of the molecule is CC(CCC(=O)C(C)C1C(O)CC2C3CCC4CC(OC5OC(CO)C(OC6OC(C)C(O)C(O)C6O)C(O)C5O)CCC4(C)C3CCC21C)COC1OC(CO)C(O)C(O)C1O. The summed E-state index contributed by atoms with van der Waals surface area (Å²) in [4.78, 5) is 13.8. The average molecular weight is 905 g/mol. The molecule has 18 nitrogen and oxygen atoms in total. The van der Waals surface area contributed by atoms with Gasteiger partial charge in [0.2, 0.25) is 0 Å². The summed E-state index contributed by atoms with van der Waals surface area (Å²) in [5, 5.41) is 115. The number of rotatable bonds is 14. The molecule has 0 aromatic heterocycles. The van der Waals surface area contributed by atoms with E-state index < -0.39 is 111 Å². The first-order valence-electron chi connectivity index (χ1n) is 23.5. The summed E-state index contributed by atoms with van der Waals surface area (Å²) in [5.74, 6) is 0.945. The van der Waals surface area contributed by atoms with Crippen molar-refractivity contribution in [2.24, 2.45) is 52.3 Å². The van der Waals surface area contributed by atoms with Gasteiger partial charge in [0, 0.05) is 12.3 Å². The first-order valence-corrected chi connectivity index (χ1v) is 23.5. The molecule has 7 fully saturated rings. The lowest BCUT2D eigenvalue weighted by Crippen LogP contribution is -2.64. The molecule has 0 radical (unpaired) electrons. The number of aliphatic hydroxyl groups excluding tert-OH is 11. The highest BCUT2D eigenvalue weighted by Crippen LogP contribution is 2.68. The molecule has 0 aromatic carbocycles. The van der Waals surface area contributed by atoms with E-state index in [-0.39, 0.29) is 53.0 Å². The average Bonchev–Trinajstić information content (AvgIpc) is 3.54. The molecule has 0 spiro atoms. The van der Waals surface area contributed by atoms with Crippen molar-refractivity contribution >= 4 is 5.78 Å². The lowest BCUT2D eigenvalue weighted by Gasteiger charge is -2.61. The Hall–Kier alpha value is -1.01. The molecule has 0 bridgehead atoms. The van der Waals surface area contributed by atoms with E-state index in [1.807, 2.05) is 13.8 Å². The number of hydrogen-bond donors (Lipinski definition) is 11. The molecule has 26 unspecified atom stereocenters. The van der Waals surface area contributed by atoms with Gasteiger partial charge in [0.1, 0.15) is 72.9 Å². The topological polar surface area (TPSA) is 295 Å². The second-order valence-electron chi connectivity index (χ2n) is 21.0. The number of Topliss-reactive ketones (excluding diaryl/α,β-unsaturated/α-hetero) is 1. The van der Waals surface area contributed by atoms with Crippen LogP contribution in [0.4, 0.5) is 0 Å². The monoisotopic (exact) mass is 905 g/mol. The fourth-order valence-electron chi connectivity index (χ4n) is 13.5. The van der Waals surface area contributed by atoms with E-state index in [0.29, 0.717) is 43.4 Å². The van der Waals surface area contributed by atoms with Crippen molar-refractivity contribution in [2.45, 2.75) is 203 Å². The highest BCUT2D eigenvalue weighted by molar-refractivity contribution is 5.81. The van der Waals surface area contributed by atoms with Crippen molar-refractivity contribution in [3.63, 3.8) is 0 Å². The largest absolute Gasteiger partial charge is 0.394 e. The van der Waals surface area contributed by atoms with Crippen LogP contribution in [-0.4, -0.2) is 186 Å². The molecule has 3 aliphatic heterocycles. The van der Waals surface area contributed by atoms with E-state index >= 15 is 0 Å². The van der Waals surface area contributed by atoms with Crippen LogP contribution in [0, 0.1) is 52.3 Å². The zero-order valence-electron chi connectivity index (χ0n) is 37.3. The summed E-state index contributed by atoms with van der Waals surface area (Å²) in [5.41, 5.74) is -0.172. The van der Waals surface area contributed by atoms with Gasteiger partial charge < -0.3 is 84.6 Å². The van der Waals surface area contributed by atoms with Crippen molar-refractivity contribution in [3.8, 4) is 0 Å². The van der Waals surface area contributed by atoms with Crippen molar-refractivity contribution in [3.05, 3.63) is 0 Å². The number of aliphatic hydroxyl groups is 11. The summed E-state index contributed by atoms with van der Waals surface area (Å²) in [6.45, 7) is 9.03. The minimum absolute atomic E-state index is 0.0244. The number of ketones is 1. The van der Waals surface area contributed by atoms with Gasteiger partial charge in [0.25, 0.3) is 0 Å². The molecule has 26 atom stereocenters. The minimum atomic E-state index is -1.65. The fraction of sp³-hybridized carbons (Fsp3) is 0.978. The molecule has 7 rings (SSSR count). The summed E-state index contributed by atoms with van der Waals surface area (Å²) in [6, 6.07) is 0. The second-order valence-corrected chi connectivity index (χ2v) is 21.0. The Kier molecular flexibility index (Phi) is 15.8. The molecule has 18 heteroatoms. The second kappa shape index (κ2) is 19.9. The molecule has 0 amide bonds. The summed E-state index contributed by atoms with van der Waals surface area (Å²) in [6.07, 6.45) is -13.8. The van der Waals surface area contributed by atoms with Crippen LogP contribution in [0.25, 0.3) is 0 Å². The molecular weight excluding hydrogens is 828 g/mol. The standard InChI is InChI=1S/C45H76O18/c1-19(18-58-41-37(55)35(53)33(51)29(16-46)61-41)6-9-27(48)20(2)31-28(49)15-26-24-8-7-22-14-23(10-12-44(22,4)25(24)11-13-45(26,31)5)60-43-39(57)36(54)40(30(17-47)62-43)63-42-38(56)34(52)32(50)21(3)59-42/h19-26,28-43,46-47,49-57H,6-18H2,1-5H3. The van der Waals surface area contributed by atoms with Crippen LogP contribution < -0.4 is 0 Å². The van der Waals surface area contributed by atoms with Crippen molar-refractivity contribution in [1.29, 1.82) is 0 Å². The van der Waals surface area contributed by atoms with Crippen LogP contribution in [0.3, 0.4) is 0 Å². The Morgan fingerprint density at radius 2 is 1.29 bits per heavy atom. The Balaban J connectivity index is 0.910. The van der Waals surface area contributed by atoms with Gasteiger partial charge in [0.05, 0.1) is 38.1 Å². The van der Waals surface area contributed by atoms with Crippen molar-refractivity contribution < 1.29 is 89.4 Å². The Morgan fingerprint density at radius 3 is 1.98 bits per heavy atom. The van der Waals surface area contributed by atoms with Gasteiger partial charge >= 0.3 is 0 Å². The normalized spacial score (nSPS) is 52.3. The molecule has 0 aromatic rings. The first kappa shape index (κ1) is 49.9. The van der Waals surface area contributed by atoms with Gasteiger partial charge in [-0.15, -0.1) is 0 Å². The number of hydrogen-bond acceptors (Lipinski definition) is 18. The summed E-state index contributed by atoms with van der Waals surface area (Å²) in [7, 11) is 0. The maximum absolute atomic E-state index is 13.8. The Morgan fingerprint density at radius 1 is 0.667 bits per heavy atom. The predicted molar refractivity (Wildman–Crippen MR) is 219 cm³/mol. The van der Waals surface area contributed by atoms with Crippen LogP contribution in [0.2, 0.25) is 0 Å². The number of fused-ring (bicyclic) bond motifs is 5. The molecule has 4 saturated carbocycles. The zero-order chi connectivity index (χ0) is 45.9. The zero-order valence-corrected chi connectivity index (χ0v) is 37.3. The maximum atomic E-state index is 13.8. The van der Waals surface area contributed by atoms with Crippen LogP contribution in [0.1, 0.15) is 98.8 Å². The number of ether oxygens (including phenoxy) is 6. The molecule has 7 aliphatic rings. The van der Waals surface area contributed by atoms with Crippen molar-refractivity contribution in [1.82, 2.24) is 0 Å². The van der Waals surface area contributed by atoms with Crippen molar-refractivity contribution in [2.75, 3.05) is 19.8 Å². The third kappa shape index (κ3) is 9.43. The van der Waals surface area contributed by atoms with E-state index in [1.54, 1.807) is 0 Å². The third-order valence-corrected chi connectivity index (χ3v) is 17.3. The number of carbonyl (C=O) groups is 1. The van der Waals surface area contributed by atoms with Crippen LogP contribution in [0.15, 0.2) is 0 Å². The molecule has 364 valence electrons. The predicted octanol–water partition coefficient (Wildman–Crippen LogP) is -0.909. The van der Waals surface area contributed by atoms with Crippen LogP contribution in [-0.2, 0) is 33.2 Å². The third-order valence-electron chi connectivity index (χ3n) is 17.3. The molecule has 11 N–H and O–H groups in total. The minimum Gasteiger partial charge on any atom is -0.394 e. The number of carbonyl (C=O) groups excluding carboxylic acids is 1. The summed E-state index contributed by atoms with van der Waals surface area (Å²) < 4.78 is 34.8. The van der Waals surface area contributed by atoms with Gasteiger partial charge in [-0.25, -0.2) is 0 Å². The van der Waals surface area contributed by atoms with E-state index in [9.17, 15) is 61.0 Å². The lowest BCUT2D eigenvalue weighted by molar-refractivity contribution is -0.361. The van der Waals surface area contributed by atoms with Gasteiger partial charge in [-0.05, 0) is 111 Å². The van der Waals surface area contributed by atoms with Crippen LogP contribution in [0.5, 0.6) is 0 Å². The Bertz CT molecular complexity index is 1520. The fourth-order valence-corrected chi connectivity index (χ4v) is 13.5. The Labute approximate surface area is 369 Å². The highest BCUT2D eigenvalue weighted by Gasteiger charge is 2.64. The molecule has 4 aliphatic carbocycles. The lowest BCUT2D eigenvalue weighted by atomic mass is 9.44. The van der Waals surface area contributed by atoms with E-state index in [1.165, 1.54) is 6.92 Å². The quantitative estimate of drug-likeness (QED) is 0.0941. The van der Waals surface area contributed by atoms with E-state index in [2.05, 4.69) is 13.8 Å². The van der Waals surface area contributed by atoms with Gasteiger partial charge in [-0.1, -0.05) is 27.7 Å². The highest BCUT2D eigenvalue weighted by atomic mass is 16.7. The van der Waals surface area contributed by atoms with Crippen LogP contribution >= 0.6 is 0 Å². The van der Waals surface area contributed by atoms with Gasteiger partial charge in [-0.2, -0.15) is 0 Å². The molecule has 63 heavy (non-hydrogen) atoms.